The van der Waals surface area contributed by atoms with Crippen molar-refractivity contribution in [1.29, 1.82) is 0 Å². The summed E-state index contributed by atoms with van der Waals surface area (Å²) in [6, 6.07) is 0. The molecule has 4 N–H and O–H groups in total. The first-order valence-corrected chi connectivity index (χ1v) is 9.64. The minimum Gasteiger partial charge on any atom is -0.396 e. The fraction of sp³-hybridized carbons (Fsp3) is 1.00. The number of phosphoric acid groups is 2. The molecule has 122 valence electrons. The van der Waals surface area contributed by atoms with Crippen LogP contribution in [0.3, 0.4) is 0 Å². The van der Waals surface area contributed by atoms with Gasteiger partial charge in [0.15, 0.2) is 0 Å². The van der Waals surface area contributed by atoms with E-state index in [1.165, 1.54) is 0 Å². The lowest BCUT2D eigenvalue weighted by Crippen LogP contribution is -1.96. The Labute approximate surface area is 119 Å². The van der Waals surface area contributed by atoms with E-state index in [1.54, 1.807) is 0 Å². The molecule has 0 aromatic rings. The highest BCUT2D eigenvalue weighted by molar-refractivity contribution is 7.60. The van der Waals surface area contributed by atoms with Crippen molar-refractivity contribution in [1.82, 2.24) is 0 Å². The van der Waals surface area contributed by atoms with Crippen LogP contribution < -0.4 is 0 Å². The second kappa shape index (κ2) is 10.9. The molecule has 0 aliphatic heterocycles. The summed E-state index contributed by atoms with van der Waals surface area (Å²) in [5, 5.41) is 8.59. The molecule has 1 atom stereocenters. The molecule has 0 aromatic heterocycles. The molecule has 0 radical (unpaired) electrons. The van der Waals surface area contributed by atoms with Crippen LogP contribution >= 0.6 is 15.6 Å². The first-order valence-electron chi connectivity index (χ1n) is 6.62. The molecule has 10 heteroatoms. The van der Waals surface area contributed by atoms with Crippen molar-refractivity contribution in [2.24, 2.45) is 0 Å². The highest BCUT2D eigenvalue weighted by Crippen LogP contribution is 2.57. The highest BCUT2D eigenvalue weighted by atomic mass is 31.3. The normalized spacial score (nSPS) is 15.2. The molecule has 0 spiro atoms. The third kappa shape index (κ3) is 14.6. The first kappa shape index (κ1) is 20.2. The average Bonchev–Trinajstić information content (AvgIpc) is 2.28. The molecule has 1 unspecified atom stereocenters. The zero-order valence-corrected chi connectivity index (χ0v) is 13.2. The van der Waals surface area contributed by atoms with Crippen molar-refractivity contribution >= 4 is 15.6 Å². The van der Waals surface area contributed by atoms with Gasteiger partial charge in [-0.1, -0.05) is 38.5 Å². The molecule has 0 saturated carbocycles. The van der Waals surface area contributed by atoms with Gasteiger partial charge in [0.2, 0.25) is 0 Å². The summed E-state index contributed by atoms with van der Waals surface area (Å²) >= 11 is 0. The summed E-state index contributed by atoms with van der Waals surface area (Å²) in [7, 11) is -9.70. The molecule has 0 aliphatic rings. The lowest BCUT2D eigenvalue weighted by atomic mass is 10.1. The maximum absolute atomic E-state index is 11.1. The van der Waals surface area contributed by atoms with Crippen molar-refractivity contribution in [3.8, 4) is 0 Å². The Hall–Kier alpha value is 0.220. The first-order chi connectivity index (χ1) is 9.27. The standard InChI is InChI=1S/C10H24O8P2/c11-9-7-5-3-1-2-4-6-8-10-17-20(15,16)18-19(12,13)14/h11H,1-10H2,(H,15,16)(H2,12,13,14). The zero-order chi connectivity index (χ0) is 15.5. The van der Waals surface area contributed by atoms with E-state index in [0.717, 1.165) is 44.9 Å². The van der Waals surface area contributed by atoms with Crippen LogP contribution in [-0.2, 0) is 18.0 Å². The molecule has 0 amide bonds. The molecular weight excluding hydrogens is 310 g/mol. The van der Waals surface area contributed by atoms with Gasteiger partial charge in [-0.3, -0.25) is 4.52 Å². The van der Waals surface area contributed by atoms with Crippen LogP contribution in [0, 0.1) is 0 Å². The molecule has 0 bridgehead atoms. The zero-order valence-electron chi connectivity index (χ0n) is 11.4. The molecule has 0 aromatic carbocycles. The molecule has 0 heterocycles. The van der Waals surface area contributed by atoms with Gasteiger partial charge in [-0.25, -0.2) is 9.13 Å². The largest absolute Gasteiger partial charge is 0.481 e. The van der Waals surface area contributed by atoms with Gasteiger partial charge in [0.25, 0.3) is 0 Å². The molecule has 20 heavy (non-hydrogen) atoms. The number of hydrogen-bond acceptors (Lipinski definition) is 5. The molecule has 8 nitrogen and oxygen atoms in total. The van der Waals surface area contributed by atoms with Crippen LogP contribution in [0.5, 0.6) is 0 Å². The van der Waals surface area contributed by atoms with E-state index in [4.69, 9.17) is 19.8 Å². The van der Waals surface area contributed by atoms with Crippen LogP contribution in [0.2, 0.25) is 0 Å². The average molecular weight is 334 g/mol. The third-order valence-electron chi connectivity index (χ3n) is 2.52. The summed E-state index contributed by atoms with van der Waals surface area (Å²) < 4.78 is 29.5. The SMILES string of the molecule is O=P(O)(O)OP(=O)(O)OCCCCCCCCCCO. The number of hydrogen-bond donors (Lipinski definition) is 4. The lowest BCUT2D eigenvalue weighted by molar-refractivity contribution is 0.175. The van der Waals surface area contributed by atoms with E-state index in [-0.39, 0.29) is 13.2 Å². The Morgan fingerprint density at radius 3 is 1.65 bits per heavy atom. The maximum Gasteiger partial charge on any atom is 0.481 e. The predicted octanol–water partition coefficient (Wildman–Crippen LogP) is 2.33. The van der Waals surface area contributed by atoms with Crippen molar-refractivity contribution < 1.29 is 37.8 Å². The molecular formula is C10H24O8P2. The topological polar surface area (TPSA) is 134 Å². The van der Waals surface area contributed by atoms with Crippen molar-refractivity contribution in [2.45, 2.75) is 51.4 Å². The van der Waals surface area contributed by atoms with Crippen LogP contribution in [-0.4, -0.2) is 33.0 Å². The molecule has 0 fully saturated rings. The molecule has 0 rings (SSSR count). The van der Waals surface area contributed by atoms with Gasteiger partial charge >= 0.3 is 15.6 Å². The summed E-state index contributed by atoms with van der Waals surface area (Å²) in [4.78, 5) is 25.7. The van der Waals surface area contributed by atoms with E-state index >= 15 is 0 Å². The Morgan fingerprint density at radius 2 is 1.20 bits per heavy atom. The summed E-state index contributed by atoms with van der Waals surface area (Å²) in [6.07, 6.45) is 7.34. The van der Waals surface area contributed by atoms with Crippen LogP contribution in [0.25, 0.3) is 0 Å². The van der Waals surface area contributed by atoms with Gasteiger partial charge in [0, 0.05) is 6.61 Å². The Kier molecular flexibility index (Phi) is 11.0. The second-order valence-corrected chi connectivity index (χ2v) is 7.26. The van der Waals surface area contributed by atoms with Crippen LogP contribution in [0.4, 0.5) is 0 Å². The second-order valence-electron chi connectivity index (χ2n) is 4.43. The van der Waals surface area contributed by atoms with E-state index in [2.05, 4.69) is 8.83 Å². The minimum atomic E-state index is -5.02. The van der Waals surface area contributed by atoms with Crippen molar-refractivity contribution in [3.05, 3.63) is 0 Å². The monoisotopic (exact) mass is 334 g/mol. The number of rotatable bonds is 13. The lowest BCUT2D eigenvalue weighted by Gasteiger charge is -2.12. The van der Waals surface area contributed by atoms with E-state index in [1.807, 2.05) is 0 Å². The van der Waals surface area contributed by atoms with Gasteiger partial charge in [-0.05, 0) is 12.8 Å². The number of unbranched alkanes of at least 4 members (excludes halogenated alkanes) is 7. The molecule has 0 saturated heterocycles. The van der Waals surface area contributed by atoms with Crippen LogP contribution in [0.1, 0.15) is 51.4 Å². The van der Waals surface area contributed by atoms with Crippen molar-refractivity contribution in [3.63, 3.8) is 0 Å². The van der Waals surface area contributed by atoms with Crippen molar-refractivity contribution in [2.75, 3.05) is 13.2 Å². The van der Waals surface area contributed by atoms with Gasteiger partial charge in [-0.15, -0.1) is 0 Å². The Morgan fingerprint density at radius 1 is 0.750 bits per heavy atom. The van der Waals surface area contributed by atoms with E-state index in [9.17, 15) is 9.13 Å². The fourth-order valence-electron chi connectivity index (χ4n) is 1.61. The Balaban J connectivity index is 3.44. The Bertz CT molecular complexity index is 329. The summed E-state index contributed by atoms with van der Waals surface area (Å²) in [5.74, 6) is 0. The number of aliphatic hydroxyl groups is 1. The maximum atomic E-state index is 11.1. The molecule has 0 aliphatic carbocycles. The number of aliphatic hydroxyl groups excluding tert-OH is 1. The van der Waals surface area contributed by atoms with Gasteiger partial charge in [0.05, 0.1) is 6.61 Å². The quantitative estimate of drug-likeness (QED) is 0.298. The smallest absolute Gasteiger partial charge is 0.396 e. The van der Waals surface area contributed by atoms with Gasteiger partial charge < -0.3 is 19.8 Å². The summed E-state index contributed by atoms with van der Waals surface area (Å²) in [5.41, 5.74) is 0. The minimum absolute atomic E-state index is 0.0850. The van der Waals surface area contributed by atoms with E-state index < -0.39 is 15.6 Å². The van der Waals surface area contributed by atoms with Gasteiger partial charge in [-0.2, -0.15) is 4.31 Å². The van der Waals surface area contributed by atoms with Gasteiger partial charge in [0.1, 0.15) is 0 Å². The third-order valence-corrected chi connectivity index (χ3v) is 4.70. The van der Waals surface area contributed by atoms with Crippen LogP contribution in [0.15, 0.2) is 0 Å². The number of phosphoric ester groups is 1. The predicted molar refractivity (Wildman–Crippen MR) is 72.9 cm³/mol. The van der Waals surface area contributed by atoms with E-state index in [0.29, 0.717) is 6.42 Å². The fourth-order valence-corrected chi connectivity index (χ4v) is 3.24. The highest BCUT2D eigenvalue weighted by Gasteiger charge is 2.31. The summed E-state index contributed by atoms with van der Waals surface area (Å²) in [6.45, 7) is 0.146.